The number of ketones is 1. The number of carbonyl (C=O) groups excluding carboxylic acids is 1. The lowest BCUT2D eigenvalue weighted by Gasteiger charge is -2.27. The van der Waals surface area contributed by atoms with Crippen LogP contribution in [-0.2, 0) is 4.74 Å². The van der Waals surface area contributed by atoms with Crippen molar-refractivity contribution in [2.45, 2.75) is 58.3 Å². The maximum Gasteiger partial charge on any atom is 0.207 e. The summed E-state index contributed by atoms with van der Waals surface area (Å²) >= 11 is 0. The van der Waals surface area contributed by atoms with Crippen LogP contribution in [0.25, 0.3) is 0 Å². The Hall–Kier alpha value is -1.35. The van der Waals surface area contributed by atoms with Crippen LogP contribution in [0.3, 0.4) is 0 Å². The highest BCUT2D eigenvalue weighted by molar-refractivity contribution is 5.99. The van der Waals surface area contributed by atoms with Gasteiger partial charge in [-0.1, -0.05) is 38.3 Å². The predicted molar refractivity (Wildman–Crippen MR) is 74.5 cm³/mol. The molecule has 2 atom stereocenters. The Balaban J connectivity index is 1.89. The summed E-state index contributed by atoms with van der Waals surface area (Å²) in [7, 11) is 0. The van der Waals surface area contributed by atoms with E-state index in [1.807, 2.05) is 25.1 Å². The molecule has 1 aromatic rings. The molecule has 3 heteroatoms. The molecule has 0 bridgehead atoms. The Morgan fingerprint density at radius 2 is 2.16 bits per heavy atom. The smallest absolute Gasteiger partial charge is 0.207 e. The van der Waals surface area contributed by atoms with Gasteiger partial charge in [-0.2, -0.15) is 0 Å². The SMILES string of the molecule is CCCCCC(C)OC1CC(=O)c2ccccc2O1. The van der Waals surface area contributed by atoms with Crippen molar-refractivity contribution in [1.29, 1.82) is 0 Å². The molecule has 0 saturated carbocycles. The van der Waals surface area contributed by atoms with Gasteiger partial charge in [0.2, 0.25) is 6.29 Å². The zero-order valence-electron chi connectivity index (χ0n) is 11.7. The first-order chi connectivity index (χ1) is 9.20. The van der Waals surface area contributed by atoms with Crippen molar-refractivity contribution >= 4 is 5.78 Å². The van der Waals surface area contributed by atoms with Crippen molar-refractivity contribution < 1.29 is 14.3 Å². The number of para-hydroxylation sites is 1. The first kappa shape index (κ1) is 14.1. The van der Waals surface area contributed by atoms with Crippen LogP contribution in [0.1, 0.15) is 56.3 Å². The number of fused-ring (bicyclic) bond motifs is 1. The molecule has 0 N–H and O–H groups in total. The molecule has 2 rings (SSSR count). The van der Waals surface area contributed by atoms with Crippen LogP contribution in [0.2, 0.25) is 0 Å². The zero-order chi connectivity index (χ0) is 13.7. The normalized spacial score (nSPS) is 19.7. The zero-order valence-corrected chi connectivity index (χ0v) is 11.7. The molecule has 0 radical (unpaired) electrons. The van der Waals surface area contributed by atoms with Crippen molar-refractivity contribution in [2.75, 3.05) is 0 Å². The molecule has 2 unspecified atom stereocenters. The van der Waals surface area contributed by atoms with Gasteiger partial charge in [-0.15, -0.1) is 0 Å². The van der Waals surface area contributed by atoms with Crippen LogP contribution in [0.5, 0.6) is 5.75 Å². The maximum absolute atomic E-state index is 12.0. The van der Waals surface area contributed by atoms with Gasteiger partial charge in [-0.3, -0.25) is 4.79 Å². The van der Waals surface area contributed by atoms with Gasteiger partial charge in [0.1, 0.15) is 5.75 Å². The molecule has 104 valence electrons. The second kappa shape index (κ2) is 6.71. The van der Waals surface area contributed by atoms with E-state index in [2.05, 4.69) is 6.92 Å². The van der Waals surface area contributed by atoms with E-state index < -0.39 is 6.29 Å². The van der Waals surface area contributed by atoms with Gasteiger partial charge in [0.25, 0.3) is 0 Å². The summed E-state index contributed by atoms with van der Waals surface area (Å²) in [5.41, 5.74) is 0.668. The molecule has 1 aromatic carbocycles. The second-order valence-electron chi connectivity index (χ2n) is 5.11. The van der Waals surface area contributed by atoms with Gasteiger partial charge in [0, 0.05) is 0 Å². The van der Waals surface area contributed by atoms with Crippen LogP contribution in [-0.4, -0.2) is 18.2 Å². The van der Waals surface area contributed by atoms with E-state index in [1.54, 1.807) is 6.07 Å². The first-order valence-electron chi connectivity index (χ1n) is 7.15. The minimum Gasteiger partial charge on any atom is -0.464 e. The third kappa shape index (κ3) is 3.80. The molecule has 3 nitrogen and oxygen atoms in total. The summed E-state index contributed by atoms with van der Waals surface area (Å²) in [6.45, 7) is 4.23. The van der Waals surface area contributed by atoms with Crippen LogP contribution in [0.4, 0.5) is 0 Å². The molecule has 0 aromatic heterocycles. The number of carbonyl (C=O) groups is 1. The third-order valence-electron chi connectivity index (χ3n) is 3.40. The van der Waals surface area contributed by atoms with Crippen molar-refractivity contribution in [3.63, 3.8) is 0 Å². The average Bonchev–Trinajstić information content (AvgIpc) is 2.39. The standard InChI is InChI=1S/C16H22O3/c1-3-4-5-8-12(2)18-16-11-14(17)13-9-6-7-10-15(13)19-16/h6-7,9-10,12,16H,3-5,8,11H2,1-2H3. The monoisotopic (exact) mass is 262 g/mol. The maximum atomic E-state index is 12.0. The molecular weight excluding hydrogens is 240 g/mol. The molecular formula is C16H22O3. The summed E-state index contributed by atoms with van der Waals surface area (Å²) < 4.78 is 11.6. The van der Waals surface area contributed by atoms with E-state index >= 15 is 0 Å². The van der Waals surface area contributed by atoms with E-state index in [1.165, 1.54) is 12.8 Å². The lowest BCUT2D eigenvalue weighted by Crippen LogP contribution is -2.32. The highest BCUT2D eigenvalue weighted by Gasteiger charge is 2.27. The highest BCUT2D eigenvalue weighted by Crippen LogP contribution is 2.28. The summed E-state index contributed by atoms with van der Waals surface area (Å²) in [6.07, 6.45) is 4.63. The van der Waals surface area contributed by atoms with E-state index in [0.29, 0.717) is 17.7 Å². The lowest BCUT2D eigenvalue weighted by atomic mass is 10.0. The summed E-state index contributed by atoms with van der Waals surface area (Å²) in [4.78, 5) is 12.0. The Morgan fingerprint density at radius 1 is 1.37 bits per heavy atom. The minimum atomic E-state index is -0.431. The van der Waals surface area contributed by atoms with E-state index in [4.69, 9.17) is 9.47 Å². The lowest BCUT2D eigenvalue weighted by molar-refractivity contribution is -0.117. The Bertz CT molecular complexity index is 428. The van der Waals surface area contributed by atoms with Gasteiger partial charge < -0.3 is 9.47 Å². The van der Waals surface area contributed by atoms with E-state index in [-0.39, 0.29) is 11.9 Å². The van der Waals surface area contributed by atoms with Crippen molar-refractivity contribution in [3.05, 3.63) is 29.8 Å². The number of hydrogen-bond donors (Lipinski definition) is 0. The van der Waals surface area contributed by atoms with Crippen molar-refractivity contribution in [1.82, 2.24) is 0 Å². The Morgan fingerprint density at radius 3 is 2.95 bits per heavy atom. The van der Waals surface area contributed by atoms with Gasteiger partial charge in [0.15, 0.2) is 5.78 Å². The number of rotatable bonds is 6. The van der Waals surface area contributed by atoms with Gasteiger partial charge in [-0.25, -0.2) is 0 Å². The fraction of sp³-hybridized carbons (Fsp3) is 0.562. The Kier molecular flexibility index (Phi) is 4.97. The molecule has 0 saturated heterocycles. The quantitative estimate of drug-likeness (QED) is 0.728. The molecule has 19 heavy (non-hydrogen) atoms. The van der Waals surface area contributed by atoms with Crippen LogP contribution < -0.4 is 4.74 Å². The molecule has 1 heterocycles. The predicted octanol–water partition coefficient (Wildman–Crippen LogP) is 3.96. The van der Waals surface area contributed by atoms with Gasteiger partial charge >= 0.3 is 0 Å². The van der Waals surface area contributed by atoms with Gasteiger partial charge in [0.05, 0.1) is 18.1 Å². The summed E-state index contributed by atoms with van der Waals surface area (Å²) in [5.74, 6) is 0.747. The molecule has 0 fully saturated rings. The summed E-state index contributed by atoms with van der Waals surface area (Å²) in [6, 6.07) is 7.36. The number of hydrogen-bond acceptors (Lipinski definition) is 3. The second-order valence-corrected chi connectivity index (χ2v) is 5.11. The number of ether oxygens (including phenoxy) is 2. The van der Waals surface area contributed by atoms with E-state index in [9.17, 15) is 4.79 Å². The van der Waals surface area contributed by atoms with Crippen LogP contribution in [0.15, 0.2) is 24.3 Å². The Labute approximate surface area is 114 Å². The molecule has 0 amide bonds. The third-order valence-corrected chi connectivity index (χ3v) is 3.40. The minimum absolute atomic E-state index is 0.104. The van der Waals surface area contributed by atoms with Crippen LogP contribution in [0, 0.1) is 0 Å². The molecule has 1 aliphatic rings. The highest BCUT2D eigenvalue weighted by atomic mass is 16.7. The van der Waals surface area contributed by atoms with Gasteiger partial charge in [-0.05, 0) is 25.5 Å². The average molecular weight is 262 g/mol. The van der Waals surface area contributed by atoms with Crippen molar-refractivity contribution in [2.24, 2.45) is 0 Å². The first-order valence-corrected chi connectivity index (χ1v) is 7.15. The summed E-state index contributed by atoms with van der Waals surface area (Å²) in [5, 5.41) is 0. The fourth-order valence-corrected chi connectivity index (χ4v) is 2.33. The van der Waals surface area contributed by atoms with E-state index in [0.717, 1.165) is 12.8 Å². The molecule has 0 aliphatic carbocycles. The fourth-order valence-electron chi connectivity index (χ4n) is 2.33. The largest absolute Gasteiger partial charge is 0.464 e. The number of unbranched alkanes of at least 4 members (excludes halogenated alkanes) is 2. The topological polar surface area (TPSA) is 35.5 Å². The molecule has 0 spiro atoms. The number of Topliss-reactive ketones (excluding diaryl/α,β-unsaturated/α-hetero) is 1. The molecule has 1 aliphatic heterocycles. The van der Waals surface area contributed by atoms with Crippen LogP contribution >= 0.6 is 0 Å². The van der Waals surface area contributed by atoms with Crippen molar-refractivity contribution in [3.8, 4) is 5.75 Å². The number of benzene rings is 1.